The highest BCUT2D eigenvalue weighted by Gasteiger charge is 2.31. The number of alkyl halides is 1. The van der Waals surface area contributed by atoms with E-state index in [9.17, 15) is 0 Å². The van der Waals surface area contributed by atoms with Gasteiger partial charge in [-0.2, -0.15) is 0 Å². The summed E-state index contributed by atoms with van der Waals surface area (Å²) in [6.45, 7) is 2.35. The molecule has 0 saturated heterocycles. The lowest BCUT2D eigenvalue weighted by Gasteiger charge is -2.18. The minimum absolute atomic E-state index is 0.692. The van der Waals surface area contributed by atoms with E-state index in [1.807, 2.05) is 6.07 Å². The van der Waals surface area contributed by atoms with Crippen LogP contribution in [0.1, 0.15) is 25.3 Å². The van der Waals surface area contributed by atoms with Crippen LogP contribution in [0.4, 0.5) is 0 Å². The molecule has 0 radical (unpaired) electrons. The van der Waals surface area contributed by atoms with Gasteiger partial charge in [-0.05, 0) is 54.9 Å². The Kier molecular flexibility index (Phi) is 4.53. The number of rotatable bonds is 3. The summed E-state index contributed by atoms with van der Waals surface area (Å²) in [4.78, 5) is 0.692. The van der Waals surface area contributed by atoms with Gasteiger partial charge in [0.15, 0.2) is 0 Å². The van der Waals surface area contributed by atoms with E-state index in [2.05, 4.69) is 50.9 Å². The Hall–Kier alpha value is -0.0200. The van der Waals surface area contributed by atoms with E-state index in [0.717, 1.165) is 24.0 Å². The molecule has 3 unspecified atom stereocenters. The second-order valence-corrected chi connectivity index (χ2v) is 6.90. The van der Waals surface area contributed by atoms with Crippen molar-refractivity contribution in [3.8, 4) is 5.75 Å². The first kappa shape index (κ1) is 13.4. The van der Waals surface area contributed by atoms with Crippen molar-refractivity contribution < 1.29 is 4.74 Å². The molecular formula is C14H18Br2O. The van der Waals surface area contributed by atoms with Crippen LogP contribution < -0.4 is 4.74 Å². The van der Waals surface area contributed by atoms with Crippen molar-refractivity contribution >= 4 is 31.9 Å². The first-order valence-electron chi connectivity index (χ1n) is 6.08. The molecule has 0 aliphatic heterocycles. The second-order valence-electron chi connectivity index (χ2n) is 4.87. The van der Waals surface area contributed by atoms with Gasteiger partial charge in [-0.1, -0.05) is 38.8 Å². The van der Waals surface area contributed by atoms with Crippen LogP contribution in [-0.4, -0.2) is 11.9 Å². The van der Waals surface area contributed by atoms with Crippen LogP contribution in [0.15, 0.2) is 22.7 Å². The Morgan fingerprint density at radius 2 is 2.12 bits per heavy atom. The maximum atomic E-state index is 5.29. The molecule has 1 nitrogen and oxygen atoms in total. The van der Waals surface area contributed by atoms with E-state index in [-0.39, 0.29) is 0 Å². The van der Waals surface area contributed by atoms with Crippen LogP contribution >= 0.6 is 31.9 Å². The Bertz CT molecular complexity index is 392. The van der Waals surface area contributed by atoms with E-state index in [0.29, 0.717) is 4.83 Å². The Morgan fingerprint density at radius 1 is 1.35 bits per heavy atom. The molecule has 1 aliphatic rings. The van der Waals surface area contributed by atoms with E-state index in [1.165, 1.54) is 22.9 Å². The quantitative estimate of drug-likeness (QED) is 0.702. The molecule has 1 saturated carbocycles. The third-order valence-electron chi connectivity index (χ3n) is 3.86. The van der Waals surface area contributed by atoms with Crippen molar-refractivity contribution in [2.75, 3.05) is 7.11 Å². The van der Waals surface area contributed by atoms with Gasteiger partial charge in [0.1, 0.15) is 5.75 Å². The molecule has 3 heteroatoms. The number of benzene rings is 1. The minimum Gasteiger partial charge on any atom is -0.497 e. The van der Waals surface area contributed by atoms with Gasteiger partial charge in [0.25, 0.3) is 0 Å². The average Bonchev–Trinajstić information content (AvgIpc) is 2.64. The summed E-state index contributed by atoms with van der Waals surface area (Å²) < 4.78 is 6.49. The summed E-state index contributed by atoms with van der Waals surface area (Å²) in [5.74, 6) is 2.49. The zero-order valence-corrected chi connectivity index (χ0v) is 13.4. The molecule has 3 atom stereocenters. The number of hydrogen-bond donors (Lipinski definition) is 0. The van der Waals surface area contributed by atoms with E-state index in [1.54, 1.807) is 7.11 Å². The molecule has 0 amide bonds. The van der Waals surface area contributed by atoms with Crippen LogP contribution in [0.2, 0.25) is 0 Å². The second kappa shape index (κ2) is 5.75. The van der Waals surface area contributed by atoms with Crippen molar-refractivity contribution in [2.24, 2.45) is 11.8 Å². The summed E-state index contributed by atoms with van der Waals surface area (Å²) in [6.07, 6.45) is 3.76. The normalized spacial score (nSPS) is 28.4. The molecule has 0 spiro atoms. The van der Waals surface area contributed by atoms with Crippen molar-refractivity contribution in [2.45, 2.75) is 31.0 Å². The van der Waals surface area contributed by atoms with Crippen molar-refractivity contribution in [3.63, 3.8) is 0 Å². The SMILES string of the molecule is COc1ccc(Br)c(CC2CCC(Br)C2C)c1. The van der Waals surface area contributed by atoms with Gasteiger partial charge < -0.3 is 4.74 Å². The maximum Gasteiger partial charge on any atom is 0.119 e. The molecule has 2 rings (SSSR count). The van der Waals surface area contributed by atoms with Crippen LogP contribution in [0.5, 0.6) is 5.75 Å². The molecule has 1 fully saturated rings. The first-order valence-corrected chi connectivity index (χ1v) is 7.79. The highest BCUT2D eigenvalue weighted by atomic mass is 79.9. The highest BCUT2D eigenvalue weighted by molar-refractivity contribution is 9.10. The van der Waals surface area contributed by atoms with Gasteiger partial charge in [-0.15, -0.1) is 0 Å². The van der Waals surface area contributed by atoms with Crippen LogP contribution in [0, 0.1) is 11.8 Å². The van der Waals surface area contributed by atoms with E-state index >= 15 is 0 Å². The standard InChI is InChI=1S/C14H18Br2O/c1-9-10(3-5-13(9)15)7-11-8-12(17-2)4-6-14(11)16/h4,6,8-10,13H,3,5,7H2,1-2H3. The first-order chi connectivity index (χ1) is 8.11. The summed E-state index contributed by atoms with van der Waals surface area (Å²) in [7, 11) is 1.72. The zero-order chi connectivity index (χ0) is 12.4. The van der Waals surface area contributed by atoms with Gasteiger partial charge in [0, 0.05) is 9.30 Å². The molecule has 1 aromatic carbocycles. The summed E-state index contributed by atoms with van der Waals surface area (Å²) in [6, 6.07) is 6.23. The average molecular weight is 362 g/mol. The third-order valence-corrected chi connectivity index (χ3v) is 5.93. The van der Waals surface area contributed by atoms with Gasteiger partial charge in [-0.25, -0.2) is 0 Å². The van der Waals surface area contributed by atoms with Crippen LogP contribution in [0.3, 0.4) is 0 Å². The third kappa shape index (κ3) is 3.05. The molecule has 17 heavy (non-hydrogen) atoms. The smallest absolute Gasteiger partial charge is 0.119 e. The lowest BCUT2D eigenvalue weighted by Crippen LogP contribution is -2.13. The summed E-state index contributed by atoms with van der Waals surface area (Å²) in [5.41, 5.74) is 1.36. The van der Waals surface area contributed by atoms with E-state index < -0.39 is 0 Å². The molecule has 94 valence electrons. The molecule has 0 heterocycles. The molecule has 1 aliphatic carbocycles. The number of ether oxygens (including phenoxy) is 1. The fourth-order valence-corrected chi connectivity index (χ4v) is 3.70. The molecule has 0 aromatic heterocycles. The topological polar surface area (TPSA) is 9.23 Å². The summed E-state index contributed by atoms with van der Waals surface area (Å²) in [5, 5.41) is 0. The minimum atomic E-state index is 0.692. The van der Waals surface area contributed by atoms with Gasteiger partial charge >= 0.3 is 0 Å². The molecule has 0 bridgehead atoms. The number of methoxy groups -OCH3 is 1. The zero-order valence-electron chi connectivity index (χ0n) is 10.2. The lowest BCUT2D eigenvalue weighted by atomic mass is 9.91. The summed E-state index contributed by atoms with van der Waals surface area (Å²) >= 11 is 7.40. The van der Waals surface area contributed by atoms with Crippen molar-refractivity contribution in [3.05, 3.63) is 28.2 Å². The molecule has 1 aromatic rings. The number of halogens is 2. The highest BCUT2D eigenvalue weighted by Crippen LogP contribution is 2.39. The van der Waals surface area contributed by atoms with Crippen molar-refractivity contribution in [1.82, 2.24) is 0 Å². The predicted octanol–water partition coefficient (Wildman–Crippen LogP) is 4.81. The number of hydrogen-bond acceptors (Lipinski definition) is 1. The van der Waals surface area contributed by atoms with Gasteiger partial charge in [-0.3, -0.25) is 0 Å². The Morgan fingerprint density at radius 3 is 2.71 bits per heavy atom. The molecule has 0 N–H and O–H groups in total. The Labute approximate surface area is 120 Å². The van der Waals surface area contributed by atoms with Gasteiger partial charge in [0.05, 0.1) is 7.11 Å². The monoisotopic (exact) mass is 360 g/mol. The van der Waals surface area contributed by atoms with Crippen LogP contribution in [-0.2, 0) is 6.42 Å². The van der Waals surface area contributed by atoms with Gasteiger partial charge in [0.2, 0.25) is 0 Å². The fraction of sp³-hybridized carbons (Fsp3) is 0.571. The van der Waals surface area contributed by atoms with Crippen molar-refractivity contribution in [1.29, 1.82) is 0 Å². The van der Waals surface area contributed by atoms with Crippen LogP contribution in [0.25, 0.3) is 0 Å². The molecular weight excluding hydrogens is 344 g/mol. The van der Waals surface area contributed by atoms with E-state index in [4.69, 9.17) is 4.74 Å². The largest absolute Gasteiger partial charge is 0.497 e. The fourth-order valence-electron chi connectivity index (χ4n) is 2.60. The predicted molar refractivity (Wildman–Crippen MR) is 79.0 cm³/mol. The lowest BCUT2D eigenvalue weighted by molar-refractivity contribution is 0.408. The maximum absolute atomic E-state index is 5.29. The Balaban J connectivity index is 2.13.